The van der Waals surface area contributed by atoms with Gasteiger partial charge in [-0.15, -0.1) is 0 Å². The Morgan fingerprint density at radius 3 is 2.67 bits per heavy atom. The number of nitrogens with zero attached hydrogens (tertiary/aromatic N) is 1. The van der Waals surface area contributed by atoms with Gasteiger partial charge < -0.3 is 14.7 Å². The zero-order valence-electron chi connectivity index (χ0n) is 11.9. The van der Waals surface area contributed by atoms with Gasteiger partial charge in [-0.3, -0.25) is 4.79 Å². The van der Waals surface area contributed by atoms with Crippen molar-refractivity contribution in [1.82, 2.24) is 0 Å². The second-order valence-corrected chi connectivity index (χ2v) is 5.13. The number of methoxy groups -OCH3 is 1. The molecule has 2 aromatic rings. The molecule has 3 rings (SSSR count). The standard InChI is InChI=1S/C17H17NO3/c1-21-15-6-7-16-13(10-15)11-17(20)18(16)9-8-12-2-4-14(19)5-3-12/h2-7,10,19H,8-9,11H2,1H3. The number of hydrogen-bond donors (Lipinski definition) is 1. The van der Waals surface area contributed by atoms with Gasteiger partial charge in [0, 0.05) is 12.2 Å². The summed E-state index contributed by atoms with van der Waals surface area (Å²) in [5.41, 5.74) is 3.09. The molecule has 1 N–H and O–H groups in total. The summed E-state index contributed by atoms with van der Waals surface area (Å²) in [6.07, 6.45) is 1.19. The Morgan fingerprint density at radius 2 is 1.95 bits per heavy atom. The molecule has 4 nitrogen and oxygen atoms in total. The third-order valence-corrected chi connectivity index (χ3v) is 3.78. The van der Waals surface area contributed by atoms with Crippen molar-refractivity contribution in [3.8, 4) is 11.5 Å². The Kier molecular flexibility index (Phi) is 3.52. The van der Waals surface area contributed by atoms with Crippen molar-refractivity contribution in [2.24, 2.45) is 0 Å². The largest absolute Gasteiger partial charge is 0.508 e. The smallest absolute Gasteiger partial charge is 0.231 e. The van der Waals surface area contributed by atoms with E-state index < -0.39 is 0 Å². The molecule has 108 valence electrons. The van der Waals surface area contributed by atoms with Crippen LogP contribution in [-0.4, -0.2) is 24.7 Å². The van der Waals surface area contributed by atoms with E-state index in [1.54, 1.807) is 19.2 Å². The average molecular weight is 283 g/mol. The van der Waals surface area contributed by atoms with Crippen LogP contribution in [0.25, 0.3) is 0 Å². The van der Waals surface area contributed by atoms with Gasteiger partial charge in [0.2, 0.25) is 5.91 Å². The number of phenols is 1. The van der Waals surface area contributed by atoms with Crippen LogP contribution in [0, 0.1) is 0 Å². The Balaban J connectivity index is 1.75. The van der Waals surface area contributed by atoms with Gasteiger partial charge in [-0.05, 0) is 47.9 Å². The van der Waals surface area contributed by atoms with Crippen molar-refractivity contribution >= 4 is 11.6 Å². The molecule has 0 bridgehead atoms. The molecule has 1 heterocycles. The monoisotopic (exact) mass is 283 g/mol. The Bertz CT molecular complexity index is 664. The molecular formula is C17H17NO3. The van der Waals surface area contributed by atoms with E-state index >= 15 is 0 Å². The zero-order valence-corrected chi connectivity index (χ0v) is 11.9. The van der Waals surface area contributed by atoms with Gasteiger partial charge in [-0.2, -0.15) is 0 Å². The summed E-state index contributed by atoms with van der Waals surface area (Å²) in [6, 6.07) is 12.8. The van der Waals surface area contributed by atoms with Crippen LogP contribution in [0.3, 0.4) is 0 Å². The van der Waals surface area contributed by atoms with E-state index in [-0.39, 0.29) is 11.7 Å². The summed E-state index contributed by atoms with van der Waals surface area (Å²) in [4.78, 5) is 14.0. The van der Waals surface area contributed by atoms with Gasteiger partial charge in [-0.25, -0.2) is 0 Å². The Hall–Kier alpha value is -2.49. The van der Waals surface area contributed by atoms with Crippen molar-refractivity contribution in [3.05, 3.63) is 53.6 Å². The molecule has 21 heavy (non-hydrogen) atoms. The molecule has 4 heteroatoms. The van der Waals surface area contributed by atoms with Gasteiger partial charge in [0.1, 0.15) is 11.5 Å². The molecular weight excluding hydrogens is 266 g/mol. The minimum atomic E-state index is 0.122. The van der Waals surface area contributed by atoms with E-state index in [1.807, 2.05) is 35.2 Å². The molecule has 0 aromatic heterocycles. The molecule has 2 aromatic carbocycles. The quantitative estimate of drug-likeness (QED) is 0.938. The van der Waals surface area contributed by atoms with Crippen LogP contribution in [0.4, 0.5) is 5.69 Å². The molecule has 1 aliphatic heterocycles. The first-order valence-corrected chi connectivity index (χ1v) is 6.92. The van der Waals surface area contributed by atoms with E-state index in [1.165, 1.54) is 0 Å². The van der Waals surface area contributed by atoms with Crippen molar-refractivity contribution in [3.63, 3.8) is 0 Å². The van der Waals surface area contributed by atoms with E-state index in [4.69, 9.17) is 4.74 Å². The lowest BCUT2D eigenvalue weighted by Crippen LogP contribution is -2.28. The normalized spacial score (nSPS) is 13.4. The number of rotatable bonds is 4. The molecule has 0 spiro atoms. The minimum absolute atomic E-state index is 0.122. The molecule has 0 atom stereocenters. The van der Waals surface area contributed by atoms with E-state index in [0.29, 0.717) is 13.0 Å². The molecule has 0 saturated carbocycles. The highest BCUT2D eigenvalue weighted by Gasteiger charge is 2.27. The Morgan fingerprint density at radius 1 is 1.19 bits per heavy atom. The average Bonchev–Trinajstić information content (AvgIpc) is 2.81. The summed E-state index contributed by atoms with van der Waals surface area (Å²) in [5.74, 6) is 1.16. The highest BCUT2D eigenvalue weighted by Crippen LogP contribution is 2.32. The summed E-state index contributed by atoms with van der Waals surface area (Å²) in [7, 11) is 1.63. The van der Waals surface area contributed by atoms with Crippen LogP contribution < -0.4 is 9.64 Å². The predicted octanol–water partition coefficient (Wildman–Crippen LogP) is 2.53. The third kappa shape index (κ3) is 2.70. The van der Waals surface area contributed by atoms with Crippen molar-refractivity contribution < 1.29 is 14.6 Å². The molecule has 1 amide bonds. The first-order valence-electron chi connectivity index (χ1n) is 6.92. The second-order valence-electron chi connectivity index (χ2n) is 5.13. The molecule has 0 unspecified atom stereocenters. The number of aromatic hydroxyl groups is 1. The lowest BCUT2D eigenvalue weighted by Gasteiger charge is -2.17. The first-order chi connectivity index (χ1) is 10.2. The number of ether oxygens (including phenoxy) is 1. The van der Waals surface area contributed by atoms with Crippen molar-refractivity contribution in [2.75, 3.05) is 18.6 Å². The molecule has 0 fully saturated rings. The van der Waals surface area contributed by atoms with Crippen LogP contribution in [-0.2, 0) is 17.6 Å². The van der Waals surface area contributed by atoms with Gasteiger partial charge in [0.25, 0.3) is 0 Å². The highest BCUT2D eigenvalue weighted by molar-refractivity contribution is 6.01. The fourth-order valence-corrected chi connectivity index (χ4v) is 2.64. The predicted molar refractivity (Wildman–Crippen MR) is 80.9 cm³/mol. The van der Waals surface area contributed by atoms with Crippen molar-refractivity contribution in [2.45, 2.75) is 12.8 Å². The van der Waals surface area contributed by atoms with Gasteiger partial charge in [-0.1, -0.05) is 12.1 Å². The number of benzene rings is 2. The van der Waals surface area contributed by atoms with E-state index in [9.17, 15) is 9.90 Å². The summed E-state index contributed by atoms with van der Waals surface area (Å²) >= 11 is 0. The maximum Gasteiger partial charge on any atom is 0.231 e. The third-order valence-electron chi connectivity index (χ3n) is 3.78. The SMILES string of the molecule is COc1ccc2c(c1)CC(=O)N2CCc1ccc(O)cc1. The molecule has 0 saturated heterocycles. The van der Waals surface area contributed by atoms with Gasteiger partial charge in [0.05, 0.1) is 13.5 Å². The topological polar surface area (TPSA) is 49.8 Å². The lowest BCUT2D eigenvalue weighted by molar-refractivity contribution is -0.117. The highest BCUT2D eigenvalue weighted by atomic mass is 16.5. The van der Waals surface area contributed by atoms with Crippen LogP contribution >= 0.6 is 0 Å². The maximum atomic E-state index is 12.2. The number of carbonyl (C=O) groups is 1. The molecule has 0 aliphatic carbocycles. The number of fused-ring (bicyclic) bond motifs is 1. The fraction of sp³-hybridized carbons (Fsp3) is 0.235. The summed E-state index contributed by atoms with van der Waals surface area (Å²) in [6.45, 7) is 0.642. The number of carbonyl (C=O) groups excluding carboxylic acids is 1. The number of amides is 1. The van der Waals surface area contributed by atoms with Crippen LogP contribution in [0.1, 0.15) is 11.1 Å². The van der Waals surface area contributed by atoms with Gasteiger partial charge in [0.15, 0.2) is 0 Å². The summed E-state index contributed by atoms with van der Waals surface area (Å²) < 4.78 is 5.20. The van der Waals surface area contributed by atoms with Crippen LogP contribution in [0.2, 0.25) is 0 Å². The number of phenolic OH excluding ortho intramolecular Hbond substituents is 1. The number of hydrogen-bond acceptors (Lipinski definition) is 3. The minimum Gasteiger partial charge on any atom is -0.508 e. The second kappa shape index (κ2) is 5.48. The Labute approximate surface area is 123 Å². The molecule has 1 aliphatic rings. The zero-order chi connectivity index (χ0) is 14.8. The van der Waals surface area contributed by atoms with Crippen LogP contribution in [0.5, 0.6) is 11.5 Å². The maximum absolute atomic E-state index is 12.2. The first kappa shape index (κ1) is 13.5. The van der Waals surface area contributed by atoms with E-state index in [2.05, 4.69) is 0 Å². The van der Waals surface area contributed by atoms with Crippen molar-refractivity contribution in [1.29, 1.82) is 0 Å². The van der Waals surface area contributed by atoms with Crippen LogP contribution in [0.15, 0.2) is 42.5 Å². The molecule has 0 radical (unpaired) electrons. The lowest BCUT2D eigenvalue weighted by atomic mass is 10.1. The fourth-order valence-electron chi connectivity index (χ4n) is 2.64. The summed E-state index contributed by atoms with van der Waals surface area (Å²) in [5, 5.41) is 9.28. The van der Waals surface area contributed by atoms with E-state index in [0.717, 1.165) is 29.0 Å². The number of anilines is 1. The van der Waals surface area contributed by atoms with Gasteiger partial charge >= 0.3 is 0 Å².